The molecule has 1 aromatic carbocycles. The Bertz CT molecular complexity index is 454. The van der Waals surface area contributed by atoms with Gasteiger partial charge in [-0.15, -0.1) is 0 Å². The van der Waals surface area contributed by atoms with Crippen LogP contribution in [0, 0.1) is 5.82 Å². The molecule has 1 saturated heterocycles. The molecule has 21 heavy (non-hydrogen) atoms. The molecule has 0 spiro atoms. The lowest BCUT2D eigenvalue weighted by molar-refractivity contribution is -0.0707. The van der Waals surface area contributed by atoms with Gasteiger partial charge in [0.2, 0.25) is 0 Å². The van der Waals surface area contributed by atoms with Crippen LogP contribution in [0.3, 0.4) is 0 Å². The highest BCUT2D eigenvalue weighted by atomic mass is 19.1. The van der Waals surface area contributed by atoms with Gasteiger partial charge in [-0.3, -0.25) is 4.90 Å². The van der Waals surface area contributed by atoms with E-state index in [1.54, 1.807) is 6.07 Å². The maximum absolute atomic E-state index is 14.0. The molecule has 2 atom stereocenters. The third-order valence-corrected chi connectivity index (χ3v) is 3.71. The maximum Gasteiger partial charge on any atom is 0.127 e. The molecule has 0 saturated carbocycles. The van der Waals surface area contributed by atoms with Crippen molar-refractivity contribution in [3.05, 3.63) is 35.1 Å². The predicted molar refractivity (Wildman–Crippen MR) is 83.7 cm³/mol. The summed E-state index contributed by atoms with van der Waals surface area (Å²) in [5.74, 6) is -0.116. The van der Waals surface area contributed by atoms with E-state index in [0.717, 1.165) is 30.8 Å². The second kappa shape index (κ2) is 7.34. The second-order valence-corrected chi connectivity index (χ2v) is 6.41. The fourth-order valence-electron chi connectivity index (χ4n) is 2.84. The van der Waals surface area contributed by atoms with Crippen molar-refractivity contribution < 1.29 is 9.13 Å². The van der Waals surface area contributed by atoms with Crippen molar-refractivity contribution in [1.29, 1.82) is 0 Å². The highest BCUT2D eigenvalue weighted by molar-refractivity contribution is 5.25. The fraction of sp³-hybridized carbons (Fsp3) is 0.647. The molecule has 1 N–H and O–H groups in total. The van der Waals surface area contributed by atoms with Gasteiger partial charge < -0.3 is 10.1 Å². The van der Waals surface area contributed by atoms with Gasteiger partial charge in [-0.1, -0.05) is 26.0 Å². The van der Waals surface area contributed by atoms with Crippen LogP contribution in [0.1, 0.15) is 38.8 Å². The molecular formula is C17H27FN2O. The summed E-state index contributed by atoms with van der Waals surface area (Å²) in [6.45, 7) is 11.5. The minimum Gasteiger partial charge on any atom is -0.373 e. The first-order valence-electron chi connectivity index (χ1n) is 7.82. The van der Waals surface area contributed by atoms with Crippen LogP contribution < -0.4 is 5.32 Å². The Balaban J connectivity index is 2.02. The molecule has 0 amide bonds. The van der Waals surface area contributed by atoms with Gasteiger partial charge in [-0.05, 0) is 25.5 Å². The standard InChI is InChI=1S/C17H27FN2O/c1-12(2)19-8-15-5-6-17(18)16(7-15)11-20-9-13(3)21-14(4)10-20/h5-7,12-14,19H,8-11H2,1-4H3/t13-,14+. The molecule has 118 valence electrons. The zero-order valence-electron chi connectivity index (χ0n) is 13.5. The number of hydrogen-bond donors (Lipinski definition) is 1. The summed E-state index contributed by atoms with van der Waals surface area (Å²) < 4.78 is 19.8. The highest BCUT2D eigenvalue weighted by Gasteiger charge is 2.22. The van der Waals surface area contributed by atoms with Crippen molar-refractivity contribution in [1.82, 2.24) is 10.2 Å². The van der Waals surface area contributed by atoms with E-state index in [1.165, 1.54) is 0 Å². The molecular weight excluding hydrogens is 267 g/mol. The minimum atomic E-state index is -0.116. The van der Waals surface area contributed by atoms with Crippen LogP contribution >= 0.6 is 0 Å². The summed E-state index contributed by atoms with van der Waals surface area (Å²) in [5.41, 5.74) is 1.91. The first kappa shape index (κ1) is 16.4. The number of halogens is 1. The molecule has 0 bridgehead atoms. The van der Waals surface area contributed by atoms with Gasteiger partial charge in [-0.2, -0.15) is 0 Å². The first-order valence-corrected chi connectivity index (χ1v) is 7.82. The summed E-state index contributed by atoms with van der Waals surface area (Å²) in [6.07, 6.45) is 0.421. The van der Waals surface area contributed by atoms with Gasteiger partial charge in [0, 0.05) is 37.8 Å². The smallest absolute Gasteiger partial charge is 0.127 e. The Hall–Kier alpha value is -0.970. The van der Waals surface area contributed by atoms with Crippen molar-refractivity contribution in [3.63, 3.8) is 0 Å². The summed E-state index contributed by atoms with van der Waals surface area (Å²) in [4.78, 5) is 2.27. The number of nitrogens with zero attached hydrogens (tertiary/aromatic N) is 1. The van der Waals surface area contributed by atoms with E-state index in [0.29, 0.717) is 12.6 Å². The van der Waals surface area contributed by atoms with E-state index in [-0.39, 0.29) is 18.0 Å². The molecule has 0 radical (unpaired) electrons. The Morgan fingerprint density at radius 1 is 1.29 bits per heavy atom. The van der Waals surface area contributed by atoms with E-state index in [1.807, 2.05) is 12.1 Å². The largest absolute Gasteiger partial charge is 0.373 e. The molecule has 1 aromatic rings. The molecule has 0 aliphatic carbocycles. The van der Waals surface area contributed by atoms with Crippen LogP contribution in [0.5, 0.6) is 0 Å². The molecule has 2 rings (SSSR count). The maximum atomic E-state index is 14.0. The lowest BCUT2D eigenvalue weighted by Gasteiger charge is -2.35. The van der Waals surface area contributed by atoms with Crippen LogP contribution in [0.2, 0.25) is 0 Å². The van der Waals surface area contributed by atoms with E-state index < -0.39 is 0 Å². The normalized spacial score (nSPS) is 23.7. The Morgan fingerprint density at radius 2 is 1.95 bits per heavy atom. The van der Waals surface area contributed by atoms with Crippen LogP contribution in [0.4, 0.5) is 4.39 Å². The molecule has 0 aromatic heterocycles. The highest BCUT2D eigenvalue weighted by Crippen LogP contribution is 2.17. The van der Waals surface area contributed by atoms with Crippen LogP contribution in [0.15, 0.2) is 18.2 Å². The second-order valence-electron chi connectivity index (χ2n) is 6.41. The minimum absolute atomic E-state index is 0.116. The first-order chi connectivity index (χ1) is 9.94. The summed E-state index contributed by atoms with van der Waals surface area (Å²) in [5, 5.41) is 3.37. The molecule has 0 unspecified atom stereocenters. The molecule has 1 fully saturated rings. The van der Waals surface area contributed by atoms with E-state index >= 15 is 0 Å². The van der Waals surface area contributed by atoms with Gasteiger partial charge in [0.05, 0.1) is 12.2 Å². The number of morpholine rings is 1. The van der Waals surface area contributed by atoms with Crippen molar-refractivity contribution >= 4 is 0 Å². The molecule has 1 aliphatic heterocycles. The molecule has 3 nitrogen and oxygen atoms in total. The predicted octanol–water partition coefficient (Wildman–Crippen LogP) is 2.93. The van der Waals surface area contributed by atoms with Crippen LogP contribution in [-0.4, -0.2) is 36.2 Å². The van der Waals surface area contributed by atoms with E-state index in [2.05, 4.69) is 37.9 Å². The van der Waals surface area contributed by atoms with E-state index in [4.69, 9.17) is 4.74 Å². The summed E-state index contributed by atoms with van der Waals surface area (Å²) >= 11 is 0. The number of hydrogen-bond acceptors (Lipinski definition) is 3. The topological polar surface area (TPSA) is 24.5 Å². The summed E-state index contributed by atoms with van der Waals surface area (Å²) in [6, 6.07) is 5.85. The van der Waals surface area contributed by atoms with Gasteiger partial charge >= 0.3 is 0 Å². The fourth-order valence-corrected chi connectivity index (χ4v) is 2.84. The number of ether oxygens (including phenoxy) is 1. The monoisotopic (exact) mass is 294 g/mol. The zero-order valence-corrected chi connectivity index (χ0v) is 13.5. The van der Waals surface area contributed by atoms with Crippen molar-refractivity contribution in [2.75, 3.05) is 13.1 Å². The average molecular weight is 294 g/mol. The Morgan fingerprint density at radius 3 is 2.57 bits per heavy atom. The quantitative estimate of drug-likeness (QED) is 0.903. The Kier molecular flexibility index (Phi) is 5.73. The van der Waals surface area contributed by atoms with Gasteiger partial charge in [-0.25, -0.2) is 4.39 Å². The number of nitrogens with one attached hydrogen (secondary N) is 1. The number of rotatable bonds is 5. The lowest BCUT2D eigenvalue weighted by atomic mass is 10.1. The zero-order chi connectivity index (χ0) is 15.4. The molecule has 1 heterocycles. The van der Waals surface area contributed by atoms with Crippen LogP contribution in [0.25, 0.3) is 0 Å². The van der Waals surface area contributed by atoms with Crippen molar-refractivity contribution in [3.8, 4) is 0 Å². The molecule has 4 heteroatoms. The SMILES string of the molecule is CC(C)NCc1ccc(F)c(CN2C[C@@H](C)O[C@@H](C)C2)c1. The lowest BCUT2D eigenvalue weighted by Crippen LogP contribution is -2.44. The van der Waals surface area contributed by atoms with Crippen LogP contribution in [-0.2, 0) is 17.8 Å². The third-order valence-electron chi connectivity index (χ3n) is 3.71. The van der Waals surface area contributed by atoms with Gasteiger partial charge in [0.25, 0.3) is 0 Å². The average Bonchev–Trinajstić information content (AvgIpc) is 2.38. The number of benzene rings is 1. The Labute approximate surface area is 127 Å². The van der Waals surface area contributed by atoms with Crippen molar-refractivity contribution in [2.45, 2.75) is 59.0 Å². The van der Waals surface area contributed by atoms with Gasteiger partial charge in [0.1, 0.15) is 5.82 Å². The summed E-state index contributed by atoms with van der Waals surface area (Å²) in [7, 11) is 0. The van der Waals surface area contributed by atoms with E-state index in [9.17, 15) is 4.39 Å². The van der Waals surface area contributed by atoms with Crippen molar-refractivity contribution in [2.24, 2.45) is 0 Å². The molecule has 1 aliphatic rings. The third kappa shape index (κ3) is 5.06. The van der Waals surface area contributed by atoms with Gasteiger partial charge in [0.15, 0.2) is 0 Å².